The van der Waals surface area contributed by atoms with Gasteiger partial charge in [-0.15, -0.1) is 0 Å². The summed E-state index contributed by atoms with van der Waals surface area (Å²) in [6.45, 7) is 2.23. The van der Waals surface area contributed by atoms with Crippen LogP contribution in [-0.4, -0.2) is 30.3 Å². The molecule has 0 radical (unpaired) electrons. The zero-order chi connectivity index (χ0) is 16.3. The normalized spacial score (nSPS) is 11.2. The van der Waals surface area contributed by atoms with Crippen molar-refractivity contribution >= 4 is 27.5 Å². The molecule has 0 atom stereocenters. The smallest absolute Gasteiger partial charge is 0.744 e. The van der Waals surface area contributed by atoms with Crippen LogP contribution in [-0.2, 0) is 16.5 Å². The molecule has 1 rings (SSSR count). The van der Waals surface area contributed by atoms with Crippen molar-refractivity contribution in [3.05, 3.63) is 29.8 Å². The first kappa shape index (κ1) is 22.7. The molecule has 0 aliphatic rings. The van der Waals surface area contributed by atoms with Crippen LogP contribution in [0, 0.1) is 0 Å². The topological polar surface area (TPSA) is 57.2 Å². The summed E-state index contributed by atoms with van der Waals surface area (Å²) in [5, 5.41) is 0. The van der Waals surface area contributed by atoms with E-state index < -0.39 is 10.1 Å². The molecule has 5 heteroatoms. The zero-order valence-corrected chi connectivity index (χ0v) is 16.3. The van der Waals surface area contributed by atoms with E-state index in [0.29, 0.717) is 12.0 Å². The number of rotatable bonds is 12. The minimum absolute atomic E-state index is 0. The molecule has 0 unspecified atom stereocenters. The van der Waals surface area contributed by atoms with Gasteiger partial charge < -0.3 is 4.55 Å². The maximum atomic E-state index is 11.2. The summed E-state index contributed by atoms with van der Waals surface area (Å²) in [5.41, 5.74) is 0.664. The molecule has 0 aliphatic heterocycles. The Morgan fingerprint density at radius 2 is 1.30 bits per heavy atom. The summed E-state index contributed by atoms with van der Waals surface area (Å²) >= 11 is 0. The quantitative estimate of drug-likeness (QED) is 0.312. The van der Waals surface area contributed by atoms with Crippen LogP contribution in [0.4, 0.5) is 0 Å². The monoisotopic (exact) mass is 352 g/mol. The van der Waals surface area contributed by atoms with Crippen LogP contribution in [0.1, 0.15) is 76.7 Å². The van der Waals surface area contributed by atoms with E-state index in [2.05, 4.69) is 6.92 Å². The van der Waals surface area contributed by atoms with E-state index in [-0.39, 0.29) is 22.3 Å². The molecule has 1 aromatic rings. The van der Waals surface area contributed by atoms with Gasteiger partial charge in [0.25, 0.3) is 0 Å². The van der Waals surface area contributed by atoms with Gasteiger partial charge in [0.1, 0.15) is 10.1 Å². The molecule has 0 aliphatic carbocycles. The van der Waals surface area contributed by atoms with Gasteiger partial charge in [-0.2, -0.15) is 0 Å². The average Bonchev–Trinajstić information content (AvgIpc) is 2.48. The molecule has 0 saturated carbocycles. The Hall–Kier alpha value is -0.338. The predicted molar refractivity (Wildman–Crippen MR) is 95.7 cm³/mol. The summed E-state index contributed by atoms with van der Waals surface area (Å²) in [7, 11) is -4.35. The molecule has 0 spiro atoms. The van der Waals surface area contributed by atoms with Crippen molar-refractivity contribution < 1.29 is 13.0 Å². The third-order valence-electron chi connectivity index (χ3n) is 4.04. The van der Waals surface area contributed by atoms with Crippen molar-refractivity contribution in [3.8, 4) is 0 Å². The Bertz CT molecular complexity index is 515. The van der Waals surface area contributed by atoms with Gasteiger partial charge in [-0.1, -0.05) is 82.9 Å². The molecule has 0 aromatic heterocycles. The molecule has 0 heterocycles. The molecule has 23 heavy (non-hydrogen) atoms. The maximum Gasteiger partial charge on any atom is 3.00 e. The largest absolute Gasteiger partial charge is 3.00 e. The van der Waals surface area contributed by atoms with Crippen LogP contribution in [0.25, 0.3) is 0 Å². The number of hydrogen-bond acceptors (Lipinski definition) is 3. The van der Waals surface area contributed by atoms with Crippen molar-refractivity contribution in [2.24, 2.45) is 0 Å². The van der Waals surface area contributed by atoms with Gasteiger partial charge in [0.2, 0.25) is 0 Å². The SMILES string of the molecule is CCCCCCCCCCCCc1ccccc1S(=O)(=O)[O-].[Al+3]. The van der Waals surface area contributed by atoms with Crippen LogP contribution < -0.4 is 0 Å². The minimum Gasteiger partial charge on any atom is -0.744 e. The minimum atomic E-state index is -4.35. The Balaban J connectivity index is 0.00000484. The maximum absolute atomic E-state index is 11.2. The Morgan fingerprint density at radius 3 is 1.83 bits per heavy atom. The average molecular weight is 352 g/mol. The van der Waals surface area contributed by atoms with E-state index in [1.807, 2.05) is 0 Å². The summed E-state index contributed by atoms with van der Waals surface area (Å²) < 4.78 is 33.5. The molecule has 3 nitrogen and oxygen atoms in total. The van der Waals surface area contributed by atoms with Gasteiger partial charge in [0.15, 0.2) is 0 Å². The number of unbranched alkanes of at least 4 members (excludes halogenated alkanes) is 9. The Kier molecular flexibility index (Phi) is 12.8. The van der Waals surface area contributed by atoms with Gasteiger partial charge in [-0.25, -0.2) is 8.42 Å². The first-order chi connectivity index (χ1) is 10.6. The summed E-state index contributed by atoms with van der Waals surface area (Å²) in [6.07, 6.45) is 13.2. The fraction of sp³-hybridized carbons (Fsp3) is 0.667. The predicted octanol–water partition coefficient (Wildman–Crippen LogP) is 4.67. The molecule has 0 amide bonds. The van der Waals surface area contributed by atoms with E-state index in [9.17, 15) is 13.0 Å². The zero-order valence-electron chi connectivity index (χ0n) is 14.3. The van der Waals surface area contributed by atoms with Gasteiger partial charge in [-0.05, 0) is 24.5 Å². The van der Waals surface area contributed by atoms with E-state index in [1.54, 1.807) is 18.2 Å². The molecule has 0 fully saturated rings. The molecule has 126 valence electrons. The van der Waals surface area contributed by atoms with Gasteiger partial charge in [0, 0.05) is 0 Å². The van der Waals surface area contributed by atoms with Crippen LogP contribution in [0.2, 0.25) is 0 Å². The Morgan fingerprint density at radius 1 is 0.826 bits per heavy atom. The van der Waals surface area contributed by atoms with Gasteiger partial charge in [0.05, 0.1) is 4.90 Å². The fourth-order valence-corrected chi connectivity index (χ4v) is 3.49. The van der Waals surface area contributed by atoms with Crippen molar-refractivity contribution in [3.63, 3.8) is 0 Å². The second kappa shape index (κ2) is 13.0. The van der Waals surface area contributed by atoms with E-state index in [1.165, 1.54) is 57.4 Å². The van der Waals surface area contributed by atoms with E-state index in [4.69, 9.17) is 0 Å². The molecular weight excluding hydrogens is 323 g/mol. The van der Waals surface area contributed by atoms with Crippen LogP contribution >= 0.6 is 0 Å². The third kappa shape index (κ3) is 10.2. The number of aryl methyl sites for hydroxylation is 1. The van der Waals surface area contributed by atoms with Crippen LogP contribution in [0.5, 0.6) is 0 Å². The first-order valence-corrected chi connectivity index (χ1v) is 10.0. The van der Waals surface area contributed by atoms with Crippen LogP contribution in [0.15, 0.2) is 29.2 Å². The molecule has 1 aromatic carbocycles. The van der Waals surface area contributed by atoms with Crippen molar-refractivity contribution in [2.45, 2.75) is 82.4 Å². The van der Waals surface area contributed by atoms with Crippen molar-refractivity contribution in [1.82, 2.24) is 0 Å². The second-order valence-corrected chi connectivity index (χ2v) is 7.34. The van der Waals surface area contributed by atoms with Crippen LogP contribution in [0.3, 0.4) is 0 Å². The van der Waals surface area contributed by atoms with Gasteiger partial charge >= 0.3 is 17.4 Å². The Labute approximate surface area is 152 Å². The first-order valence-electron chi connectivity index (χ1n) is 8.59. The third-order valence-corrected chi connectivity index (χ3v) is 4.98. The fourth-order valence-electron chi connectivity index (χ4n) is 2.76. The summed E-state index contributed by atoms with van der Waals surface area (Å²) in [4.78, 5) is -0.0501. The molecule has 0 saturated heterocycles. The van der Waals surface area contributed by atoms with Crippen molar-refractivity contribution in [2.75, 3.05) is 0 Å². The summed E-state index contributed by atoms with van der Waals surface area (Å²) in [5.74, 6) is 0. The van der Waals surface area contributed by atoms with E-state index in [0.717, 1.165) is 12.8 Å². The molecular formula is C18H29AlO3S+2. The number of benzene rings is 1. The van der Waals surface area contributed by atoms with E-state index >= 15 is 0 Å². The number of hydrogen-bond donors (Lipinski definition) is 0. The standard InChI is InChI=1S/C18H30O3S.Al/c1-2-3-4-5-6-7-8-9-10-11-14-17-15-12-13-16-18(17)22(19,20)21;/h12-13,15-16H,2-11,14H2,1H3,(H,19,20,21);/q;+3/p-1. The van der Waals surface area contributed by atoms with Crippen molar-refractivity contribution in [1.29, 1.82) is 0 Å². The second-order valence-electron chi connectivity index (χ2n) is 5.99. The molecule has 0 N–H and O–H groups in total. The summed E-state index contributed by atoms with van der Waals surface area (Å²) in [6, 6.07) is 6.56. The molecule has 0 bridgehead atoms. The van der Waals surface area contributed by atoms with Gasteiger partial charge in [-0.3, -0.25) is 0 Å².